The molecule has 2 aromatic rings. The van der Waals surface area contributed by atoms with Crippen molar-refractivity contribution in [1.82, 2.24) is 0 Å². The Morgan fingerprint density at radius 3 is 2.36 bits per heavy atom. The van der Waals surface area contributed by atoms with Gasteiger partial charge in [0.05, 0.1) is 12.0 Å². The molecular formula is C15H12N2O4S. The summed E-state index contributed by atoms with van der Waals surface area (Å²) in [7, 11) is -2.79. The maximum absolute atomic E-state index is 12.4. The SMILES string of the molecule is COc1cccc(C(=O)C(=[N+]=[N-])S(=O)(=O)c2ccccc2)c1. The quantitative estimate of drug-likeness (QED) is 0.283. The molecule has 6 nitrogen and oxygen atoms in total. The van der Waals surface area contributed by atoms with E-state index in [0.29, 0.717) is 5.75 Å². The fraction of sp³-hybridized carbons (Fsp3) is 0.0667. The molecule has 0 aromatic heterocycles. The van der Waals surface area contributed by atoms with Crippen molar-refractivity contribution in [2.24, 2.45) is 0 Å². The molecule has 0 radical (unpaired) electrons. The Morgan fingerprint density at radius 2 is 1.77 bits per heavy atom. The maximum atomic E-state index is 12.4. The molecule has 7 heteroatoms. The number of sulfone groups is 1. The van der Waals surface area contributed by atoms with Crippen molar-refractivity contribution in [3.63, 3.8) is 0 Å². The molecule has 0 heterocycles. The van der Waals surface area contributed by atoms with E-state index in [0.717, 1.165) is 0 Å². The van der Waals surface area contributed by atoms with Gasteiger partial charge in [0.1, 0.15) is 5.75 Å². The van der Waals surface area contributed by atoms with E-state index in [2.05, 4.69) is 4.79 Å². The van der Waals surface area contributed by atoms with E-state index in [-0.39, 0.29) is 10.5 Å². The van der Waals surface area contributed by atoms with Crippen molar-refractivity contribution in [2.45, 2.75) is 4.90 Å². The molecular weight excluding hydrogens is 304 g/mol. The lowest BCUT2D eigenvalue weighted by Crippen LogP contribution is -2.26. The standard InChI is InChI=1S/C15H12N2O4S/c1-21-12-7-5-6-11(10-12)14(18)15(17-16)22(19,20)13-8-3-2-4-9-13/h2-10H,1H3. The second-order valence-corrected chi connectivity index (χ2v) is 6.15. The van der Waals surface area contributed by atoms with Crippen LogP contribution in [0.1, 0.15) is 10.4 Å². The molecule has 0 saturated carbocycles. The van der Waals surface area contributed by atoms with E-state index < -0.39 is 20.7 Å². The van der Waals surface area contributed by atoms with Crippen molar-refractivity contribution in [3.05, 3.63) is 65.7 Å². The molecule has 0 aliphatic carbocycles. The van der Waals surface area contributed by atoms with Crippen LogP contribution in [0.3, 0.4) is 0 Å². The zero-order chi connectivity index (χ0) is 16.2. The van der Waals surface area contributed by atoms with E-state index >= 15 is 0 Å². The highest BCUT2D eigenvalue weighted by molar-refractivity contribution is 8.08. The van der Waals surface area contributed by atoms with Crippen molar-refractivity contribution >= 4 is 20.7 Å². The Labute approximate surface area is 127 Å². The Bertz CT molecular complexity index is 854. The van der Waals surface area contributed by atoms with Crippen LogP contribution in [0.15, 0.2) is 59.5 Å². The fourth-order valence-corrected chi connectivity index (χ4v) is 3.03. The van der Waals surface area contributed by atoms with E-state index in [9.17, 15) is 13.2 Å². The van der Waals surface area contributed by atoms with Gasteiger partial charge in [-0.1, -0.05) is 30.3 Å². The van der Waals surface area contributed by atoms with Gasteiger partial charge in [-0.15, -0.1) is 4.79 Å². The number of carbonyl (C=O) groups excluding carboxylic acids is 1. The monoisotopic (exact) mass is 316 g/mol. The Morgan fingerprint density at radius 1 is 1.09 bits per heavy atom. The third-order valence-electron chi connectivity index (χ3n) is 2.93. The molecule has 0 fully saturated rings. The van der Waals surface area contributed by atoms with E-state index in [4.69, 9.17) is 10.3 Å². The Hall–Kier alpha value is -2.76. The highest BCUT2D eigenvalue weighted by Gasteiger charge is 2.38. The van der Waals surface area contributed by atoms with Crippen LogP contribution in [0.25, 0.3) is 5.53 Å². The highest BCUT2D eigenvalue weighted by Crippen LogP contribution is 2.17. The van der Waals surface area contributed by atoms with Crippen molar-refractivity contribution in [2.75, 3.05) is 7.11 Å². The summed E-state index contributed by atoms with van der Waals surface area (Å²) < 4.78 is 29.8. The zero-order valence-electron chi connectivity index (χ0n) is 11.6. The summed E-state index contributed by atoms with van der Waals surface area (Å²) in [5, 5.41) is -0.938. The van der Waals surface area contributed by atoms with Gasteiger partial charge in [-0.3, -0.25) is 4.79 Å². The molecule has 0 unspecified atom stereocenters. The lowest BCUT2D eigenvalue weighted by molar-refractivity contribution is -0.00158. The molecule has 0 aliphatic rings. The number of hydrogen-bond donors (Lipinski definition) is 0. The minimum Gasteiger partial charge on any atom is -0.497 e. The first-order valence-electron chi connectivity index (χ1n) is 6.21. The molecule has 0 aliphatic heterocycles. The summed E-state index contributed by atoms with van der Waals surface area (Å²) in [5.74, 6) is -0.523. The molecule has 2 rings (SSSR count). The Kier molecular flexibility index (Phi) is 4.50. The van der Waals surface area contributed by atoms with Crippen LogP contribution < -0.4 is 4.74 Å². The average molecular weight is 316 g/mol. The van der Waals surface area contributed by atoms with Crippen LogP contribution >= 0.6 is 0 Å². The van der Waals surface area contributed by atoms with Crippen LogP contribution in [0.2, 0.25) is 0 Å². The first kappa shape index (κ1) is 15.6. The predicted molar refractivity (Wildman–Crippen MR) is 79.6 cm³/mol. The molecule has 2 aromatic carbocycles. The first-order chi connectivity index (χ1) is 10.5. The molecule has 22 heavy (non-hydrogen) atoms. The number of ketones is 1. The molecule has 0 N–H and O–H groups in total. The maximum Gasteiger partial charge on any atom is 0.456 e. The number of carbonyl (C=O) groups is 1. The van der Waals surface area contributed by atoms with Crippen LogP contribution in [-0.4, -0.2) is 31.1 Å². The topological polar surface area (TPSA) is 96.8 Å². The van der Waals surface area contributed by atoms with Gasteiger partial charge in [0.25, 0.3) is 15.6 Å². The van der Waals surface area contributed by atoms with E-state index in [1.165, 1.54) is 49.6 Å². The number of benzene rings is 2. The van der Waals surface area contributed by atoms with Gasteiger partial charge in [0, 0.05) is 5.56 Å². The lowest BCUT2D eigenvalue weighted by Gasteiger charge is -2.02. The first-order valence-corrected chi connectivity index (χ1v) is 7.70. The summed E-state index contributed by atoms with van der Waals surface area (Å²) in [5.41, 5.74) is 9.09. The average Bonchev–Trinajstić information content (AvgIpc) is 2.56. The van der Waals surface area contributed by atoms with Crippen LogP contribution in [0, 0.1) is 0 Å². The smallest absolute Gasteiger partial charge is 0.456 e. The normalized spacial score (nSPS) is 10.6. The fourth-order valence-electron chi connectivity index (χ4n) is 1.82. The van der Waals surface area contributed by atoms with Crippen LogP contribution in [-0.2, 0) is 9.84 Å². The highest BCUT2D eigenvalue weighted by atomic mass is 32.2. The predicted octanol–water partition coefficient (Wildman–Crippen LogP) is 1.98. The molecule has 0 bridgehead atoms. The van der Waals surface area contributed by atoms with E-state index in [1.807, 2.05) is 0 Å². The van der Waals surface area contributed by atoms with Gasteiger partial charge in [0.15, 0.2) is 0 Å². The second-order valence-electron chi connectivity index (χ2n) is 4.28. The molecule has 0 saturated heterocycles. The summed E-state index contributed by atoms with van der Waals surface area (Å²) in [6, 6.07) is 13.2. The Balaban J connectivity index is 2.49. The van der Waals surface area contributed by atoms with Crippen molar-refractivity contribution in [1.29, 1.82) is 0 Å². The number of rotatable bonds is 4. The minimum absolute atomic E-state index is 0.0478. The summed E-state index contributed by atoms with van der Waals surface area (Å²) in [6.45, 7) is 0. The van der Waals surface area contributed by atoms with Gasteiger partial charge < -0.3 is 10.3 Å². The minimum atomic E-state index is -4.21. The number of Topliss-reactive ketones (excluding diaryl/α,β-unsaturated/α-hetero) is 1. The summed E-state index contributed by atoms with van der Waals surface area (Å²) in [6.07, 6.45) is 0. The molecule has 0 amide bonds. The van der Waals surface area contributed by atoms with Gasteiger partial charge in [-0.05, 0) is 24.3 Å². The molecule has 112 valence electrons. The largest absolute Gasteiger partial charge is 0.497 e. The number of methoxy groups -OCH3 is 1. The van der Waals surface area contributed by atoms with Crippen molar-refractivity contribution < 1.29 is 22.7 Å². The van der Waals surface area contributed by atoms with Gasteiger partial charge in [-0.2, -0.15) is 0 Å². The van der Waals surface area contributed by atoms with Crippen molar-refractivity contribution in [3.8, 4) is 5.75 Å². The zero-order valence-corrected chi connectivity index (χ0v) is 12.4. The number of hydrogen-bond acceptors (Lipinski definition) is 4. The summed E-state index contributed by atoms with van der Waals surface area (Å²) >= 11 is 0. The van der Waals surface area contributed by atoms with Crippen LogP contribution in [0.4, 0.5) is 0 Å². The summed E-state index contributed by atoms with van der Waals surface area (Å²) in [4.78, 5) is 14.9. The van der Waals surface area contributed by atoms with E-state index in [1.54, 1.807) is 12.1 Å². The molecule has 0 atom stereocenters. The third kappa shape index (κ3) is 2.95. The third-order valence-corrected chi connectivity index (χ3v) is 4.59. The van der Waals surface area contributed by atoms with Gasteiger partial charge >= 0.3 is 5.04 Å². The van der Waals surface area contributed by atoms with Gasteiger partial charge in [0.2, 0.25) is 0 Å². The number of nitrogens with zero attached hydrogens (tertiary/aromatic N) is 2. The second kappa shape index (κ2) is 6.34. The molecule has 0 spiro atoms. The number of ether oxygens (including phenoxy) is 1. The van der Waals surface area contributed by atoms with Gasteiger partial charge in [-0.25, -0.2) is 8.42 Å². The van der Waals surface area contributed by atoms with Crippen LogP contribution in [0.5, 0.6) is 5.75 Å². The lowest BCUT2D eigenvalue weighted by atomic mass is 10.1.